The lowest BCUT2D eigenvalue weighted by Gasteiger charge is -2.19. The highest BCUT2D eigenvalue weighted by Gasteiger charge is 2.28. The van der Waals surface area contributed by atoms with Gasteiger partial charge in [-0.05, 0) is 12.8 Å². The zero-order valence-corrected chi connectivity index (χ0v) is 10.7. The van der Waals surface area contributed by atoms with Crippen molar-refractivity contribution in [2.45, 2.75) is 25.3 Å². The second kappa shape index (κ2) is 5.83. The molecule has 0 aliphatic heterocycles. The minimum Gasteiger partial charge on any atom is -0.477 e. The van der Waals surface area contributed by atoms with E-state index in [1.165, 1.54) is 0 Å². The summed E-state index contributed by atoms with van der Waals surface area (Å²) in [6.45, 7) is 0.0520. The van der Waals surface area contributed by atoms with Crippen molar-refractivity contribution in [2.24, 2.45) is 5.92 Å². The number of aromatic carboxylic acids is 1. The van der Waals surface area contributed by atoms with E-state index in [2.05, 4.69) is 10.3 Å². The Morgan fingerprint density at radius 1 is 1.55 bits per heavy atom. The second-order valence-electron chi connectivity index (χ2n) is 4.77. The van der Waals surface area contributed by atoms with E-state index in [1.807, 2.05) is 0 Å². The Hall–Kier alpha value is -2.22. The largest absolute Gasteiger partial charge is 0.477 e. The Morgan fingerprint density at radius 3 is 2.90 bits per heavy atom. The number of hydrogen-bond donors (Lipinski definition) is 3. The van der Waals surface area contributed by atoms with E-state index in [9.17, 15) is 20.0 Å². The first-order valence-corrected chi connectivity index (χ1v) is 6.28. The highest BCUT2D eigenvalue weighted by Crippen LogP contribution is 2.28. The van der Waals surface area contributed by atoms with Gasteiger partial charge in [-0.25, -0.2) is 9.78 Å². The first-order valence-electron chi connectivity index (χ1n) is 6.28. The SMILES string of the molecule is O=C(O)c1cc(NC2CCCC2CO)ncc1[N+](=O)[O-]. The number of carbonyl (C=O) groups is 1. The minimum atomic E-state index is -1.37. The van der Waals surface area contributed by atoms with E-state index in [0.717, 1.165) is 31.5 Å². The number of aliphatic hydroxyl groups excluding tert-OH is 1. The summed E-state index contributed by atoms with van der Waals surface area (Å²) in [6.07, 6.45) is 3.66. The van der Waals surface area contributed by atoms with Gasteiger partial charge in [0.1, 0.15) is 17.6 Å². The molecule has 1 aliphatic carbocycles. The summed E-state index contributed by atoms with van der Waals surface area (Å²) >= 11 is 0. The predicted octanol–water partition coefficient (Wildman–Crippen LogP) is 1.26. The quantitative estimate of drug-likeness (QED) is 0.547. The van der Waals surface area contributed by atoms with Crippen LogP contribution in [0.15, 0.2) is 12.3 Å². The molecule has 1 aromatic heterocycles. The molecular weight excluding hydrogens is 266 g/mol. The van der Waals surface area contributed by atoms with Crippen LogP contribution in [0.1, 0.15) is 29.6 Å². The molecule has 1 saturated carbocycles. The number of aliphatic hydroxyl groups is 1. The van der Waals surface area contributed by atoms with Crippen molar-refractivity contribution in [2.75, 3.05) is 11.9 Å². The number of nitro groups is 1. The summed E-state index contributed by atoms with van der Waals surface area (Å²) in [4.78, 5) is 24.9. The van der Waals surface area contributed by atoms with E-state index in [1.54, 1.807) is 0 Å². The first-order chi connectivity index (χ1) is 9.52. The molecule has 8 nitrogen and oxygen atoms in total. The lowest BCUT2D eigenvalue weighted by molar-refractivity contribution is -0.385. The van der Waals surface area contributed by atoms with Gasteiger partial charge in [-0.3, -0.25) is 10.1 Å². The van der Waals surface area contributed by atoms with Gasteiger partial charge in [-0.2, -0.15) is 0 Å². The third-order valence-corrected chi connectivity index (χ3v) is 3.54. The van der Waals surface area contributed by atoms with Crippen LogP contribution in [0.25, 0.3) is 0 Å². The van der Waals surface area contributed by atoms with Crippen LogP contribution in [0.5, 0.6) is 0 Å². The van der Waals surface area contributed by atoms with Gasteiger partial charge in [0.05, 0.1) is 4.92 Å². The second-order valence-corrected chi connectivity index (χ2v) is 4.77. The summed E-state index contributed by atoms with van der Waals surface area (Å²) in [7, 11) is 0. The number of anilines is 1. The average molecular weight is 281 g/mol. The topological polar surface area (TPSA) is 126 Å². The fraction of sp³-hybridized carbons (Fsp3) is 0.500. The van der Waals surface area contributed by atoms with E-state index in [-0.39, 0.29) is 24.4 Å². The maximum Gasteiger partial charge on any atom is 0.342 e. The van der Waals surface area contributed by atoms with E-state index >= 15 is 0 Å². The minimum absolute atomic E-state index is 0.00982. The summed E-state index contributed by atoms with van der Waals surface area (Å²) < 4.78 is 0. The van der Waals surface area contributed by atoms with Gasteiger partial charge in [0.2, 0.25) is 0 Å². The number of pyridine rings is 1. The number of rotatable bonds is 5. The molecule has 0 saturated heterocycles. The summed E-state index contributed by atoms with van der Waals surface area (Å²) in [5.41, 5.74) is -0.931. The highest BCUT2D eigenvalue weighted by atomic mass is 16.6. The van der Waals surface area contributed by atoms with Gasteiger partial charge < -0.3 is 15.5 Å². The zero-order chi connectivity index (χ0) is 14.7. The first kappa shape index (κ1) is 14.2. The summed E-state index contributed by atoms with van der Waals surface area (Å²) in [5.74, 6) is -0.995. The summed E-state index contributed by atoms with van der Waals surface area (Å²) in [6, 6.07) is 1.17. The van der Waals surface area contributed by atoms with E-state index in [4.69, 9.17) is 5.11 Å². The van der Waals surface area contributed by atoms with Crippen molar-refractivity contribution in [3.63, 3.8) is 0 Å². The van der Waals surface area contributed by atoms with Crippen molar-refractivity contribution >= 4 is 17.5 Å². The molecule has 2 rings (SSSR count). The van der Waals surface area contributed by atoms with Crippen molar-refractivity contribution in [3.05, 3.63) is 27.9 Å². The molecule has 0 aromatic carbocycles. The average Bonchev–Trinajstić information content (AvgIpc) is 2.85. The number of hydrogen-bond acceptors (Lipinski definition) is 6. The van der Waals surface area contributed by atoms with E-state index < -0.39 is 22.1 Å². The normalized spacial score (nSPS) is 21.6. The molecule has 0 radical (unpaired) electrons. The van der Waals surface area contributed by atoms with Gasteiger partial charge >= 0.3 is 11.7 Å². The summed E-state index contributed by atoms with van der Waals surface area (Å²) in [5, 5.41) is 32.0. The van der Waals surface area contributed by atoms with Crippen molar-refractivity contribution in [3.8, 4) is 0 Å². The Morgan fingerprint density at radius 2 is 2.30 bits per heavy atom. The van der Waals surface area contributed by atoms with Gasteiger partial charge in [0.25, 0.3) is 0 Å². The van der Waals surface area contributed by atoms with Crippen LogP contribution in [0.4, 0.5) is 11.5 Å². The Bertz CT molecular complexity index is 534. The molecule has 8 heteroatoms. The maximum atomic E-state index is 11.0. The molecule has 1 aromatic rings. The molecule has 0 bridgehead atoms. The van der Waals surface area contributed by atoms with Crippen LogP contribution in [0.2, 0.25) is 0 Å². The molecule has 108 valence electrons. The fourth-order valence-corrected chi connectivity index (χ4v) is 2.48. The van der Waals surface area contributed by atoms with Crippen molar-refractivity contribution < 1.29 is 19.9 Å². The van der Waals surface area contributed by atoms with Gasteiger partial charge in [0, 0.05) is 24.6 Å². The van der Waals surface area contributed by atoms with Gasteiger partial charge in [-0.15, -0.1) is 0 Å². The molecular formula is C12H15N3O5. The molecule has 1 fully saturated rings. The Balaban J connectivity index is 2.23. The lowest BCUT2D eigenvalue weighted by Crippen LogP contribution is -2.27. The fourth-order valence-electron chi connectivity index (χ4n) is 2.48. The molecule has 0 spiro atoms. The molecule has 1 heterocycles. The lowest BCUT2D eigenvalue weighted by atomic mass is 10.1. The highest BCUT2D eigenvalue weighted by molar-refractivity contribution is 5.93. The number of carboxylic acid groups (broad SMARTS) is 1. The standard InChI is InChI=1S/C12H15N3O5/c16-6-7-2-1-3-9(7)14-11-4-8(12(17)18)10(5-13-11)15(19)20/h4-5,7,9,16H,1-3,6H2,(H,13,14)(H,17,18). The predicted molar refractivity (Wildman–Crippen MR) is 69.7 cm³/mol. The molecule has 1 aliphatic rings. The number of nitrogens with zero attached hydrogens (tertiary/aromatic N) is 2. The number of carboxylic acids is 1. The molecule has 2 unspecified atom stereocenters. The van der Waals surface area contributed by atoms with Crippen molar-refractivity contribution in [1.29, 1.82) is 0 Å². The van der Waals surface area contributed by atoms with Gasteiger partial charge in [0.15, 0.2) is 0 Å². The van der Waals surface area contributed by atoms with Crippen LogP contribution >= 0.6 is 0 Å². The van der Waals surface area contributed by atoms with Gasteiger partial charge in [-0.1, -0.05) is 6.42 Å². The number of nitrogens with one attached hydrogen (secondary N) is 1. The smallest absolute Gasteiger partial charge is 0.342 e. The third kappa shape index (κ3) is 2.85. The van der Waals surface area contributed by atoms with Crippen molar-refractivity contribution in [1.82, 2.24) is 4.98 Å². The Labute approximate surface area is 114 Å². The monoisotopic (exact) mass is 281 g/mol. The van der Waals surface area contributed by atoms with Crippen LogP contribution in [0, 0.1) is 16.0 Å². The molecule has 2 atom stereocenters. The molecule has 20 heavy (non-hydrogen) atoms. The van der Waals surface area contributed by atoms with Crippen LogP contribution in [-0.4, -0.2) is 38.7 Å². The Kier molecular flexibility index (Phi) is 4.14. The van der Waals surface area contributed by atoms with Crippen LogP contribution in [0.3, 0.4) is 0 Å². The number of aromatic nitrogens is 1. The van der Waals surface area contributed by atoms with Crippen LogP contribution in [-0.2, 0) is 0 Å². The maximum absolute atomic E-state index is 11.0. The third-order valence-electron chi connectivity index (χ3n) is 3.54. The zero-order valence-electron chi connectivity index (χ0n) is 10.7. The molecule has 3 N–H and O–H groups in total. The van der Waals surface area contributed by atoms with E-state index in [0.29, 0.717) is 0 Å². The van der Waals surface area contributed by atoms with Crippen LogP contribution < -0.4 is 5.32 Å². The molecule has 0 amide bonds.